The minimum absolute atomic E-state index is 0.234. The van der Waals surface area contributed by atoms with Gasteiger partial charge < -0.3 is 5.32 Å². The summed E-state index contributed by atoms with van der Waals surface area (Å²) in [5.41, 5.74) is 4.73. The third-order valence-corrected chi connectivity index (χ3v) is 5.48. The molecule has 1 aliphatic carbocycles. The minimum atomic E-state index is -0.283. The van der Waals surface area contributed by atoms with Crippen LogP contribution in [0.1, 0.15) is 48.5 Å². The van der Waals surface area contributed by atoms with Gasteiger partial charge in [-0.3, -0.25) is 10.4 Å². The van der Waals surface area contributed by atoms with E-state index in [0.29, 0.717) is 5.84 Å². The summed E-state index contributed by atoms with van der Waals surface area (Å²) >= 11 is 0. The highest BCUT2D eigenvalue weighted by Crippen LogP contribution is 2.37. The number of nitrogens with one attached hydrogen (secondary N) is 2. The van der Waals surface area contributed by atoms with Crippen LogP contribution in [0.3, 0.4) is 0 Å². The number of aryl methyl sites for hydroxylation is 1. The summed E-state index contributed by atoms with van der Waals surface area (Å²) in [7, 11) is 0. The lowest BCUT2D eigenvalue weighted by atomic mass is 9.73. The quantitative estimate of drug-likeness (QED) is 0.795. The van der Waals surface area contributed by atoms with Crippen LogP contribution in [0.15, 0.2) is 42.9 Å². The monoisotopic (exact) mass is 369 g/mol. The van der Waals surface area contributed by atoms with Crippen molar-refractivity contribution in [1.82, 2.24) is 20.3 Å². The maximum absolute atomic E-state index is 8.45. The highest BCUT2D eigenvalue weighted by molar-refractivity contribution is 5.98. The molecule has 0 bridgehead atoms. The second-order valence-electron chi connectivity index (χ2n) is 7.60. The molecular formula is C23H23N5. The molecule has 0 fully saturated rings. The summed E-state index contributed by atoms with van der Waals surface area (Å²) in [5.74, 6) is 7.39. The molecule has 4 rings (SSSR count). The van der Waals surface area contributed by atoms with Gasteiger partial charge in [-0.05, 0) is 44.4 Å². The maximum Gasteiger partial charge on any atom is 0.129 e. The topological polar surface area (TPSA) is 74.5 Å². The molecule has 140 valence electrons. The number of aromatic nitrogens is 3. The molecule has 28 heavy (non-hydrogen) atoms. The first kappa shape index (κ1) is 18.1. The number of fused-ring (bicyclic) bond motifs is 1. The molecule has 5 nitrogen and oxygen atoms in total. The summed E-state index contributed by atoms with van der Waals surface area (Å²) in [4.78, 5) is 13.2. The molecule has 0 radical (unpaired) electrons. The lowest BCUT2D eigenvalue weighted by molar-refractivity contribution is 0.302. The molecule has 1 unspecified atom stereocenters. The van der Waals surface area contributed by atoms with Crippen LogP contribution >= 0.6 is 0 Å². The van der Waals surface area contributed by atoms with E-state index < -0.39 is 0 Å². The molecule has 5 heteroatoms. The molecule has 0 spiro atoms. The average molecular weight is 369 g/mol. The molecule has 2 N–H and O–H groups in total. The van der Waals surface area contributed by atoms with Crippen molar-refractivity contribution in [3.05, 3.63) is 71.1 Å². The zero-order chi connectivity index (χ0) is 19.7. The van der Waals surface area contributed by atoms with Crippen molar-refractivity contribution in [3.8, 4) is 11.8 Å². The smallest absolute Gasteiger partial charge is 0.129 e. The van der Waals surface area contributed by atoms with Gasteiger partial charge in [0.2, 0.25) is 0 Å². The molecule has 3 heterocycles. The number of rotatable bonds is 2. The van der Waals surface area contributed by atoms with Gasteiger partial charge in [0.25, 0.3) is 0 Å². The molecule has 0 aromatic carbocycles. The molecule has 2 aromatic rings. The van der Waals surface area contributed by atoms with Gasteiger partial charge in [-0.25, -0.2) is 9.97 Å². The Hall–Kier alpha value is -3.26. The molecule has 2 atom stereocenters. The fraction of sp³-hybridized carbons (Fsp3) is 0.304. The Morgan fingerprint density at radius 3 is 2.96 bits per heavy atom. The predicted octanol–water partition coefficient (Wildman–Crippen LogP) is 3.44. The summed E-state index contributed by atoms with van der Waals surface area (Å²) in [6, 6.07) is 2.09. The van der Waals surface area contributed by atoms with Crippen LogP contribution in [-0.2, 0) is 6.42 Å². The second kappa shape index (κ2) is 7.05. The number of hydrogen-bond donors (Lipinski definition) is 2. The van der Waals surface area contributed by atoms with Crippen LogP contribution in [0.2, 0.25) is 0 Å². The first-order valence-corrected chi connectivity index (χ1v) is 9.44. The van der Waals surface area contributed by atoms with Crippen molar-refractivity contribution in [2.24, 2.45) is 5.92 Å². The summed E-state index contributed by atoms with van der Waals surface area (Å²) in [5, 5.41) is 11.9. The number of pyridine rings is 1. The van der Waals surface area contributed by atoms with Crippen LogP contribution in [0, 0.1) is 30.1 Å². The third kappa shape index (κ3) is 3.34. The van der Waals surface area contributed by atoms with Crippen LogP contribution in [-0.4, -0.2) is 26.3 Å². The van der Waals surface area contributed by atoms with Gasteiger partial charge >= 0.3 is 0 Å². The Balaban J connectivity index is 1.62. The van der Waals surface area contributed by atoms with E-state index in [0.717, 1.165) is 41.1 Å². The maximum atomic E-state index is 8.45. The van der Waals surface area contributed by atoms with Gasteiger partial charge in [-0.2, -0.15) is 0 Å². The number of nitrogens with zero attached hydrogens (tertiary/aromatic N) is 3. The van der Waals surface area contributed by atoms with E-state index in [1.165, 1.54) is 5.57 Å². The van der Waals surface area contributed by atoms with E-state index in [1.54, 1.807) is 12.4 Å². The third-order valence-electron chi connectivity index (χ3n) is 5.48. The lowest BCUT2D eigenvalue weighted by Gasteiger charge is -2.42. The SMILES string of the molecule is CC#Cc1cncc(C2=CC=CC([C@]3(C)Cc4nc(C)ncc4C(=N)N3)C2)c1. The normalized spacial score (nSPS) is 23.2. The van der Waals surface area contributed by atoms with Gasteiger partial charge in [0, 0.05) is 42.0 Å². The van der Waals surface area contributed by atoms with Crippen molar-refractivity contribution in [3.63, 3.8) is 0 Å². The van der Waals surface area contributed by atoms with Crippen LogP contribution in [0.25, 0.3) is 5.57 Å². The van der Waals surface area contributed by atoms with E-state index in [9.17, 15) is 0 Å². The molecule has 0 saturated carbocycles. The largest absolute Gasteiger partial charge is 0.364 e. The Labute approximate surface area is 165 Å². The van der Waals surface area contributed by atoms with Crippen molar-refractivity contribution >= 4 is 11.4 Å². The first-order chi connectivity index (χ1) is 13.5. The molecule has 1 aliphatic heterocycles. The van der Waals surface area contributed by atoms with Crippen molar-refractivity contribution in [2.45, 2.75) is 39.2 Å². The van der Waals surface area contributed by atoms with Crippen LogP contribution in [0.4, 0.5) is 0 Å². The van der Waals surface area contributed by atoms with Gasteiger partial charge in [0.15, 0.2) is 0 Å². The summed E-state index contributed by atoms with van der Waals surface area (Å²) in [6.45, 7) is 5.90. The van der Waals surface area contributed by atoms with Crippen molar-refractivity contribution < 1.29 is 0 Å². The first-order valence-electron chi connectivity index (χ1n) is 9.44. The molecular weight excluding hydrogens is 346 g/mol. The standard InChI is InChI=1S/C23H23N5/c1-4-6-16-9-18(13-25-12-16)17-7-5-8-19(10-17)23(3)11-21-20(22(24)28-23)14-26-15(2)27-21/h5,7-9,12-14,19H,10-11H2,1-3H3,(H2,24,28)/t19?,23-/m0/s1. The van der Waals surface area contributed by atoms with E-state index in [4.69, 9.17) is 5.41 Å². The fourth-order valence-electron chi connectivity index (χ4n) is 3.99. The molecule has 0 amide bonds. The Kier molecular flexibility index (Phi) is 4.56. The fourth-order valence-corrected chi connectivity index (χ4v) is 3.99. The molecule has 2 aliphatic rings. The highest BCUT2D eigenvalue weighted by Gasteiger charge is 2.39. The average Bonchev–Trinajstić information content (AvgIpc) is 2.68. The van der Waals surface area contributed by atoms with E-state index >= 15 is 0 Å². The molecule has 0 saturated heterocycles. The van der Waals surface area contributed by atoms with Crippen LogP contribution < -0.4 is 5.32 Å². The Bertz CT molecular complexity index is 1070. The van der Waals surface area contributed by atoms with Gasteiger partial charge in [-0.1, -0.05) is 24.1 Å². The predicted molar refractivity (Wildman–Crippen MR) is 111 cm³/mol. The zero-order valence-electron chi connectivity index (χ0n) is 16.4. The highest BCUT2D eigenvalue weighted by atomic mass is 15.1. The van der Waals surface area contributed by atoms with E-state index in [2.05, 4.69) is 63.3 Å². The lowest BCUT2D eigenvalue weighted by Crippen LogP contribution is -2.56. The number of amidine groups is 1. The van der Waals surface area contributed by atoms with E-state index in [-0.39, 0.29) is 11.5 Å². The van der Waals surface area contributed by atoms with Gasteiger partial charge in [0.1, 0.15) is 11.7 Å². The number of hydrogen-bond acceptors (Lipinski definition) is 4. The Morgan fingerprint density at radius 1 is 1.29 bits per heavy atom. The zero-order valence-corrected chi connectivity index (χ0v) is 16.4. The van der Waals surface area contributed by atoms with E-state index in [1.807, 2.05) is 20.0 Å². The minimum Gasteiger partial charge on any atom is -0.364 e. The summed E-state index contributed by atoms with van der Waals surface area (Å²) < 4.78 is 0. The second-order valence-corrected chi connectivity index (χ2v) is 7.60. The van der Waals surface area contributed by atoms with Crippen molar-refractivity contribution in [1.29, 1.82) is 5.41 Å². The number of allylic oxidation sites excluding steroid dienone is 3. The van der Waals surface area contributed by atoms with Crippen LogP contribution in [0.5, 0.6) is 0 Å². The summed E-state index contributed by atoms with van der Waals surface area (Å²) in [6.07, 6.45) is 13.6. The van der Waals surface area contributed by atoms with Gasteiger partial charge in [-0.15, -0.1) is 5.92 Å². The van der Waals surface area contributed by atoms with Gasteiger partial charge in [0.05, 0.1) is 11.3 Å². The van der Waals surface area contributed by atoms with Crippen molar-refractivity contribution in [2.75, 3.05) is 0 Å². The molecule has 2 aromatic heterocycles. The Morgan fingerprint density at radius 2 is 2.14 bits per heavy atom.